The summed E-state index contributed by atoms with van der Waals surface area (Å²) in [5.74, 6) is 1.10. The molecule has 1 fully saturated rings. The molecule has 5 nitrogen and oxygen atoms in total. The van der Waals surface area contributed by atoms with Gasteiger partial charge in [0.05, 0.1) is 11.5 Å². The Bertz CT molecular complexity index is 416. The number of hydrogen-bond donors (Lipinski definition) is 1. The molecule has 0 heterocycles. The number of hydrogen-bond acceptors (Lipinski definition) is 4. The van der Waals surface area contributed by atoms with Crippen molar-refractivity contribution in [2.24, 2.45) is 5.92 Å². The number of benzene rings is 1. The summed E-state index contributed by atoms with van der Waals surface area (Å²) in [6.07, 6.45) is 2.55. The molecule has 1 aliphatic carbocycles. The van der Waals surface area contributed by atoms with Crippen LogP contribution in [0.25, 0.3) is 0 Å². The van der Waals surface area contributed by atoms with E-state index in [1.807, 2.05) is 6.92 Å². The van der Waals surface area contributed by atoms with Crippen LogP contribution >= 0.6 is 0 Å². The summed E-state index contributed by atoms with van der Waals surface area (Å²) in [7, 11) is 0. The van der Waals surface area contributed by atoms with Gasteiger partial charge in [-0.3, -0.25) is 10.1 Å². The standard InChI is InChI=1S/C12H16N2O3/c1-2-17-12-7-10(13-8-9-3-4-9)5-6-11(12)14(15)16/h5-7,9,13H,2-4,8H2,1H3. The van der Waals surface area contributed by atoms with Crippen molar-refractivity contribution in [1.82, 2.24) is 0 Å². The molecule has 17 heavy (non-hydrogen) atoms. The predicted octanol–water partition coefficient (Wildman–Crippen LogP) is 2.82. The molecule has 0 atom stereocenters. The maximum Gasteiger partial charge on any atom is 0.311 e. The third kappa shape index (κ3) is 3.09. The molecule has 0 amide bonds. The highest BCUT2D eigenvalue weighted by molar-refractivity contribution is 5.58. The van der Waals surface area contributed by atoms with Crippen molar-refractivity contribution in [3.05, 3.63) is 28.3 Å². The Balaban J connectivity index is 2.11. The minimum absolute atomic E-state index is 0.0174. The van der Waals surface area contributed by atoms with Gasteiger partial charge in [-0.2, -0.15) is 0 Å². The predicted molar refractivity (Wildman–Crippen MR) is 65.5 cm³/mol. The van der Waals surface area contributed by atoms with E-state index in [4.69, 9.17) is 4.74 Å². The van der Waals surface area contributed by atoms with E-state index < -0.39 is 4.92 Å². The number of anilines is 1. The molecule has 5 heteroatoms. The Kier molecular flexibility index (Phi) is 3.46. The lowest BCUT2D eigenvalue weighted by Gasteiger charge is -2.08. The summed E-state index contributed by atoms with van der Waals surface area (Å²) in [6, 6.07) is 4.91. The average Bonchev–Trinajstić information content (AvgIpc) is 3.10. The third-order valence-corrected chi connectivity index (χ3v) is 2.75. The number of nitro groups is 1. The van der Waals surface area contributed by atoms with Gasteiger partial charge in [0.2, 0.25) is 0 Å². The van der Waals surface area contributed by atoms with Crippen molar-refractivity contribution in [3.63, 3.8) is 0 Å². The summed E-state index contributed by atoms with van der Waals surface area (Å²) in [5, 5.41) is 14.1. The molecule has 92 valence electrons. The van der Waals surface area contributed by atoms with Crippen LogP contribution in [-0.2, 0) is 0 Å². The summed E-state index contributed by atoms with van der Waals surface area (Å²) >= 11 is 0. The lowest BCUT2D eigenvalue weighted by Crippen LogP contribution is -2.04. The van der Waals surface area contributed by atoms with Crippen LogP contribution < -0.4 is 10.1 Å². The van der Waals surface area contributed by atoms with Crippen LogP contribution in [0, 0.1) is 16.0 Å². The van der Waals surface area contributed by atoms with Gasteiger partial charge in [0.25, 0.3) is 0 Å². The van der Waals surface area contributed by atoms with Gasteiger partial charge in [-0.15, -0.1) is 0 Å². The van der Waals surface area contributed by atoms with Crippen molar-refractivity contribution in [2.45, 2.75) is 19.8 Å². The monoisotopic (exact) mass is 236 g/mol. The number of nitrogens with zero attached hydrogens (tertiary/aromatic N) is 1. The molecule has 1 saturated carbocycles. The van der Waals surface area contributed by atoms with E-state index in [2.05, 4.69) is 5.32 Å². The second kappa shape index (κ2) is 5.03. The average molecular weight is 236 g/mol. The van der Waals surface area contributed by atoms with Crippen molar-refractivity contribution in [3.8, 4) is 5.75 Å². The number of nitrogens with one attached hydrogen (secondary N) is 1. The van der Waals surface area contributed by atoms with Gasteiger partial charge >= 0.3 is 5.69 Å². The normalized spacial score (nSPS) is 14.4. The Morgan fingerprint density at radius 1 is 1.53 bits per heavy atom. The van der Waals surface area contributed by atoms with E-state index in [1.165, 1.54) is 18.9 Å². The van der Waals surface area contributed by atoms with Gasteiger partial charge in [-0.05, 0) is 31.7 Å². The second-order valence-electron chi connectivity index (χ2n) is 4.20. The van der Waals surface area contributed by atoms with Gasteiger partial charge in [-0.25, -0.2) is 0 Å². The van der Waals surface area contributed by atoms with Crippen molar-refractivity contribution < 1.29 is 9.66 Å². The van der Waals surface area contributed by atoms with Crippen LogP contribution in [0.3, 0.4) is 0 Å². The van der Waals surface area contributed by atoms with Crippen LogP contribution in [0.1, 0.15) is 19.8 Å². The van der Waals surface area contributed by atoms with Crippen LogP contribution in [0.15, 0.2) is 18.2 Å². The molecule has 1 aromatic carbocycles. The molecule has 0 aromatic heterocycles. The SMILES string of the molecule is CCOc1cc(NCC2CC2)ccc1[N+](=O)[O-]. The molecule has 2 rings (SSSR count). The zero-order valence-electron chi connectivity index (χ0n) is 9.81. The van der Waals surface area contributed by atoms with E-state index in [0.29, 0.717) is 12.4 Å². The molecular weight excluding hydrogens is 220 g/mol. The molecule has 0 radical (unpaired) electrons. The molecule has 0 aliphatic heterocycles. The van der Waals surface area contributed by atoms with Gasteiger partial charge in [0.15, 0.2) is 5.75 Å². The lowest BCUT2D eigenvalue weighted by molar-refractivity contribution is -0.385. The van der Waals surface area contributed by atoms with E-state index in [9.17, 15) is 10.1 Å². The fourth-order valence-electron chi connectivity index (χ4n) is 1.63. The maximum atomic E-state index is 10.8. The van der Waals surface area contributed by atoms with E-state index >= 15 is 0 Å². The maximum absolute atomic E-state index is 10.8. The Hall–Kier alpha value is -1.78. The Labute approximate surface area is 99.9 Å². The zero-order chi connectivity index (χ0) is 12.3. The smallest absolute Gasteiger partial charge is 0.311 e. The third-order valence-electron chi connectivity index (χ3n) is 2.75. The number of ether oxygens (including phenoxy) is 1. The largest absolute Gasteiger partial charge is 0.487 e. The molecule has 1 aromatic rings. The molecule has 1 aliphatic rings. The van der Waals surface area contributed by atoms with Gasteiger partial charge in [0, 0.05) is 24.4 Å². The fourth-order valence-corrected chi connectivity index (χ4v) is 1.63. The first-order valence-corrected chi connectivity index (χ1v) is 5.85. The first-order chi connectivity index (χ1) is 8.20. The van der Waals surface area contributed by atoms with E-state index in [1.54, 1.807) is 12.1 Å². The first kappa shape index (κ1) is 11.7. The van der Waals surface area contributed by atoms with Gasteiger partial charge in [0.1, 0.15) is 0 Å². The molecule has 1 N–H and O–H groups in total. The highest BCUT2D eigenvalue weighted by Gasteiger charge is 2.21. The van der Waals surface area contributed by atoms with E-state index in [0.717, 1.165) is 18.2 Å². The summed E-state index contributed by atoms with van der Waals surface area (Å²) in [5.41, 5.74) is 0.898. The first-order valence-electron chi connectivity index (χ1n) is 5.85. The molecule has 0 spiro atoms. The molecule has 0 bridgehead atoms. The summed E-state index contributed by atoms with van der Waals surface area (Å²) in [6.45, 7) is 3.17. The summed E-state index contributed by atoms with van der Waals surface area (Å²) in [4.78, 5) is 10.4. The van der Waals surface area contributed by atoms with Crippen molar-refractivity contribution in [2.75, 3.05) is 18.5 Å². The summed E-state index contributed by atoms with van der Waals surface area (Å²) < 4.78 is 5.28. The number of rotatable bonds is 6. The minimum atomic E-state index is -0.421. The van der Waals surface area contributed by atoms with Crippen LogP contribution in [0.5, 0.6) is 5.75 Å². The molecule has 0 unspecified atom stereocenters. The lowest BCUT2D eigenvalue weighted by atomic mass is 10.2. The molecule has 0 saturated heterocycles. The Morgan fingerprint density at radius 2 is 2.29 bits per heavy atom. The van der Waals surface area contributed by atoms with Crippen LogP contribution in [0.4, 0.5) is 11.4 Å². The zero-order valence-corrected chi connectivity index (χ0v) is 9.81. The van der Waals surface area contributed by atoms with Crippen LogP contribution in [-0.4, -0.2) is 18.1 Å². The molecular formula is C12H16N2O3. The second-order valence-corrected chi connectivity index (χ2v) is 4.20. The van der Waals surface area contributed by atoms with Crippen molar-refractivity contribution in [1.29, 1.82) is 0 Å². The topological polar surface area (TPSA) is 64.4 Å². The Morgan fingerprint density at radius 3 is 2.88 bits per heavy atom. The fraction of sp³-hybridized carbons (Fsp3) is 0.500. The van der Waals surface area contributed by atoms with Gasteiger partial charge in [-0.1, -0.05) is 0 Å². The number of nitro benzene ring substituents is 1. The minimum Gasteiger partial charge on any atom is -0.487 e. The van der Waals surface area contributed by atoms with E-state index in [-0.39, 0.29) is 5.69 Å². The van der Waals surface area contributed by atoms with Gasteiger partial charge < -0.3 is 10.1 Å². The quantitative estimate of drug-likeness (QED) is 0.609. The van der Waals surface area contributed by atoms with Crippen molar-refractivity contribution >= 4 is 11.4 Å². The van der Waals surface area contributed by atoms with Crippen LogP contribution in [0.2, 0.25) is 0 Å². The highest BCUT2D eigenvalue weighted by atomic mass is 16.6. The highest BCUT2D eigenvalue weighted by Crippen LogP contribution is 2.32.